The average Bonchev–Trinajstić information content (AvgIpc) is 3.16. The molecule has 0 unspecified atom stereocenters. The minimum absolute atomic E-state index is 0.0800. The molecule has 10 nitrogen and oxygen atoms in total. The van der Waals surface area contributed by atoms with Crippen molar-refractivity contribution in [3.8, 4) is 0 Å². The maximum absolute atomic E-state index is 13.0. The maximum atomic E-state index is 13.0. The number of aryl methyl sites for hydroxylation is 1. The van der Waals surface area contributed by atoms with Gasteiger partial charge in [0.2, 0.25) is 0 Å². The van der Waals surface area contributed by atoms with E-state index in [0.29, 0.717) is 23.0 Å². The number of aromatic amines is 1. The van der Waals surface area contributed by atoms with Crippen LogP contribution < -0.4 is 11.2 Å². The number of rotatable bonds is 11. The lowest BCUT2D eigenvalue weighted by Gasteiger charge is -2.30. The molecule has 1 atom stereocenters. The monoisotopic (exact) mass is 532 g/mol. The van der Waals surface area contributed by atoms with Crippen molar-refractivity contribution in [2.24, 2.45) is 0 Å². The lowest BCUT2D eigenvalue weighted by Crippen LogP contribution is -2.50. The van der Waals surface area contributed by atoms with Gasteiger partial charge in [0.1, 0.15) is 21.4 Å². The Bertz CT molecular complexity index is 1400. The molecular weight excluding hydrogens is 500 g/mol. The lowest BCUT2D eigenvalue weighted by atomic mass is 10.0. The number of benzene rings is 1. The van der Waals surface area contributed by atoms with E-state index in [1.165, 1.54) is 13.8 Å². The minimum Gasteiger partial charge on any atom is -0.480 e. The van der Waals surface area contributed by atoms with Gasteiger partial charge in [0.15, 0.2) is 0 Å². The maximum Gasteiger partial charge on any atom is 0.348 e. The van der Waals surface area contributed by atoms with Crippen LogP contribution >= 0.6 is 11.3 Å². The zero-order chi connectivity index (χ0) is 27.5. The molecule has 0 aliphatic rings. The number of carboxylic acid groups (broad SMARTS) is 1. The Balaban J connectivity index is 1.69. The molecule has 37 heavy (non-hydrogen) atoms. The molecule has 200 valence electrons. The van der Waals surface area contributed by atoms with E-state index < -0.39 is 40.4 Å². The highest BCUT2D eigenvalue weighted by Gasteiger charge is 2.34. The molecule has 0 radical (unpaired) electrons. The average molecular weight is 533 g/mol. The predicted octanol–water partition coefficient (Wildman–Crippen LogP) is 3.35. The number of nitrogens with one attached hydrogen (secondary N) is 1. The summed E-state index contributed by atoms with van der Waals surface area (Å²) >= 11 is 0.917. The Morgan fingerprint density at radius 1 is 1.14 bits per heavy atom. The lowest BCUT2D eigenvalue weighted by molar-refractivity contribution is -0.146. The van der Waals surface area contributed by atoms with E-state index in [2.05, 4.69) is 4.98 Å². The van der Waals surface area contributed by atoms with Crippen LogP contribution in [-0.4, -0.2) is 50.5 Å². The van der Waals surface area contributed by atoms with Crippen LogP contribution in [0.15, 0.2) is 39.9 Å². The van der Waals surface area contributed by atoms with Crippen molar-refractivity contribution in [2.45, 2.75) is 64.7 Å². The van der Waals surface area contributed by atoms with Gasteiger partial charge in [0.25, 0.3) is 5.56 Å². The number of aliphatic carboxylic acids is 1. The topological polar surface area (TPSA) is 148 Å². The van der Waals surface area contributed by atoms with Gasteiger partial charge in [-0.15, -0.1) is 11.3 Å². The number of thiophene rings is 1. The molecule has 1 aromatic carbocycles. The molecule has 2 heterocycles. The Kier molecular flexibility index (Phi) is 8.41. The van der Waals surface area contributed by atoms with Gasteiger partial charge in [-0.2, -0.15) is 0 Å². The predicted molar refractivity (Wildman–Crippen MR) is 139 cm³/mol. The smallest absolute Gasteiger partial charge is 0.348 e. The van der Waals surface area contributed by atoms with Crippen molar-refractivity contribution in [1.29, 1.82) is 0 Å². The molecule has 0 amide bonds. The number of hydrogen-bond acceptors (Lipinski definition) is 8. The molecule has 11 heteroatoms. The first-order valence-corrected chi connectivity index (χ1v) is 12.6. The molecule has 3 N–H and O–H groups in total. The van der Waals surface area contributed by atoms with Crippen molar-refractivity contribution in [1.82, 2.24) is 9.55 Å². The van der Waals surface area contributed by atoms with Gasteiger partial charge in [0.05, 0.1) is 24.2 Å². The largest absolute Gasteiger partial charge is 0.480 e. The third kappa shape index (κ3) is 6.00. The molecule has 0 saturated heterocycles. The van der Waals surface area contributed by atoms with E-state index in [4.69, 9.17) is 9.47 Å². The van der Waals surface area contributed by atoms with Crippen molar-refractivity contribution in [3.05, 3.63) is 67.2 Å². The second-order valence-corrected chi connectivity index (χ2v) is 10.9. The fourth-order valence-corrected chi connectivity index (χ4v) is 5.15. The number of esters is 1. The van der Waals surface area contributed by atoms with Crippen LogP contribution in [0.5, 0.6) is 0 Å². The number of carboxylic acids is 1. The van der Waals surface area contributed by atoms with Crippen LogP contribution in [0, 0.1) is 6.92 Å². The number of carbonyl (C=O) groups is 2. The molecule has 0 spiro atoms. The number of nitrogens with zero attached hydrogens (tertiary/aromatic N) is 1. The molecule has 0 saturated carbocycles. The van der Waals surface area contributed by atoms with E-state index in [0.717, 1.165) is 16.9 Å². The van der Waals surface area contributed by atoms with Gasteiger partial charge in [-0.05, 0) is 58.6 Å². The van der Waals surface area contributed by atoms with Crippen molar-refractivity contribution < 1.29 is 29.3 Å². The summed E-state index contributed by atoms with van der Waals surface area (Å²) in [5.74, 6) is -1.98. The zero-order valence-corrected chi connectivity index (χ0v) is 22.3. The summed E-state index contributed by atoms with van der Waals surface area (Å²) in [5, 5.41) is 19.3. The van der Waals surface area contributed by atoms with Gasteiger partial charge >= 0.3 is 17.6 Å². The standard InChI is InChI=1S/C26H32N2O8S/c1-15-18-20(27-24(34)28(21(18)30)26(4,5)23(32)33)37-19(15)22(31)35-13-9-12-25(2,3)36-17(14-29)16-10-7-6-8-11-16/h6-8,10-11,17,29H,9,12-14H2,1-5H3,(H,27,34)(H,32,33)/t17-/m0/s1. The van der Waals surface area contributed by atoms with Gasteiger partial charge in [-0.3, -0.25) is 9.78 Å². The molecule has 0 fully saturated rings. The SMILES string of the molecule is Cc1c(C(=O)OCCCC(C)(C)O[C@@H](CO)c2ccccc2)sc2[nH]c(=O)n(C(C)(C)C(=O)O)c(=O)c12. The number of hydrogen-bond donors (Lipinski definition) is 3. The second kappa shape index (κ2) is 11.0. The van der Waals surface area contributed by atoms with E-state index in [1.54, 1.807) is 6.92 Å². The number of ether oxygens (including phenoxy) is 2. The van der Waals surface area contributed by atoms with Crippen LogP contribution in [0.3, 0.4) is 0 Å². The summed E-state index contributed by atoms with van der Waals surface area (Å²) in [6, 6.07) is 9.41. The molecule has 3 aromatic rings. The summed E-state index contributed by atoms with van der Waals surface area (Å²) in [4.78, 5) is 52.8. The van der Waals surface area contributed by atoms with E-state index in [9.17, 15) is 29.4 Å². The molecular formula is C26H32N2O8S. The number of aliphatic hydroxyl groups is 1. The van der Waals surface area contributed by atoms with E-state index in [-0.39, 0.29) is 28.3 Å². The van der Waals surface area contributed by atoms with Crippen LogP contribution in [0.25, 0.3) is 10.2 Å². The first-order valence-electron chi connectivity index (χ1n) is 11.8. The molecule has 0 bridgehead atoms. The normalized spacial score (nSPS) is 13.0. The Labute approximate surface area is 217 Å². The highest BCUT2D eigenvalue weighted by Crippen LogP contribution is 2.29. The van der Waals surface area contributed by atoms with Gasteiger partial charge in [0, 0.05) is 0 Å². The summed E-state index contributed by atoms with van der Waals surface area (Å²) in [6.07, 6.45) is 0.570. The zero-order valence-electron chi connectivity index (χ0n) is 21.5. The Morgan fingerprint density at radius 2 is 1.78 bits per heavy atom. The van der Waals surface area contributed by atoms with Gasteiger partial charge in [-0.25, -0.2) is 19.0 Å². The van der Waals surface area contributed by atoms with Crippen LogP contribution in [0.1, 0.15) is 67.4 Å². The third-order valence-electron chi connectivity index (χ3n) is 6.21. The summed E-state index contributed by atoms with van der Waals surface area (Å²) in [7, 11) is 0. The molecule has 3 rings (SSSR count). The molecule has 0 aliphatic carbocycles. The van der Waals surface area contributed by atoms with Crippen molar-refractivity contribution in [3.63, 3.8) is 0 Å². The first kappa shape index (κ1) is 28.3. The fraction of sp³-hybridized carbons (Fsp3) is 0.462. The van der Waals surface area contributed by atoms with Crippen LogP contribution in [-0.2, 0) is 19.8 Å². The van der Waals surface area contributed by atoms with Crippen LogP contribution in [0.2, 0.25) is 0 Å². The quantitative estimate of drug-likeness (QED) is 0.252. The van der Waals surface area contributed by atoms with Crippen LogP contribution in [0.4, 0.5) is 0 Å². The van der Waals surface area contributed by atoms with Crippen molar-refractivity contribution in [2.75, 3.05) is 13.2 Å². The van der Waals surface area contributed by atoms with Gasteiger partial charge < -0.3 is 19.7 Å². The summed E-state index contributed by atoms with van der Waals surface area (Å²) < 4.78 is 12.2. The second-order valence-electron chi connectivity index (χ2n) is 9.89. The fourth-order valence-electron chi connectivity index (χ4n) is 4.06. The van der Waals surface area contributed by atoms with Crippen molar-refractivity contribution >= 4 is 33.5 Å². The number of fused-ring (bicyclic) bond motifs is 1. The highest BCUT2D eigenvalue weighted by atomic mass is 32.1. The Morgan fingerprint density at radius 3 is 2.38 bits per heavy atom. The number of aliphatic hydroxyl groups excluding tert-OH is 1. The number of H-pyrrole nitrogens is 1. The molecule has 0 aliphatic heterocycles. The van der Waals surface area contributed by atoms with Gasteiger partial charge in [-0.1, -0.05) is 30.3 Å². The third-order valence-corrected chi connectivity index (χ3v) is 7.40. The molecule has 2 aromatic heterocycles. The highest BCUT2D eigenvalue weighted by molar-refractivity contribution is 7.20. The number of aromatic nitrogens is 2. The first-order chi connectivity index (χ1) is 17.3. The summed E-state index contributed by atoms with van der Waals surface area (Å²) in [6.45, 7) is 7.79. The minimum atomic E-state index is -1.78. The Hall–Kier alpha value is -3.28. The van der Waals surface area contributed by atoms with E-state index >= 15 is 0 Å². The van der Waals surface area contributed by atoms with E-state index in [1.807, 2.05) is 44.2 Å². The summed E-state index contributed by atoms with van der Waals surface area (Å²) in [5.41, 5.74) is -2.84. The number of carbonyl (C=O) groups excluding carboxylic acids is 1.